The fourth-order valence-corrected chi connectivity index (χ4v) is 2.30. The first-order valence-corrected chi connectivity index (χ1v) is 7.01. The lowest BCUT2D eigenvalue weighted by molar-refractivity contribution is -0.113. The predicted octanol–water partition coefficient (Wildman–Crippen LogP) is 3.19. The van der Waals surface area contributed by atoms with Crippen LogP contribution in [-0.2, 0) is 4.79 Å². The zero-order valence-electron chi connectivity index (χ0n) is 10.3. The second-order valence-electron chi connectivity index (χ2n) is 3.86. The van der Waals surface area contributed by atoms with Crippen molar-refractivity contribution in [3.63, 3.8) is 0 Å². The van der Waals surface area contributed by atoms with E-state index in [1.54, 1.807) is 18.2 Å². The minimum atomic E-state index is -0.495. The monoisotopic (exact) mass is 311 g/mol. The summed E-state index contributed by atoms with van der Waals surface area (Å²) in [5.74, 6) is -0.609. The first-order valence-electron chi connectivity index (χ1n) is 5.64. The van der Waals surface area contributed by atoms with Gasteiger partial charge in [-0.1, -0.05) is 11.6 Å². The fraction of sp³-hybridized carbons (Fsp3) is 0.0769. The largest absolute Gasteiger partial charge is 0.396 e. The quantitative estimate of drug-likeness (QED) is 0.517. The molecule has 104 valence electrons. The van der Waals surface area contributed by atoms with Crippen molar-refractivity contribution < 1.29 is 9.18 Å². The molecule has 0 aliphatic heterocycles. The van der Waals surface area contributed by atoms with Crippen LogP contribution in [0.2, 0.25) is 5.15 Å². The molecular weight excluding hydrogens is 301 g/mol. The van der Waals surface area contributed by atoms with Gasteiger partial charge in [0.15, 0.2) is 5.15 Å². The van der Waals surface area contributed by atoms with Gasteiger partial charge in [-0.15, -0.1) is 11.8 Å². The van der Waals surface area contributed by atoms with Crippen molar-refractivity contribution in [3.05, 3.63) is 47.5 Å². The van der Waals surface area contributed by atoms with E-state index < -0.39 is 5.82 Å². The molecule has 7 heteroatoms. The molecule has 0 spiro atoms. The van der Waals surface area contributed by atoms with Gasteiger partial charge in [-0.05, 0) is 30.3 Å². The highest BCUT2D eigenvalue weighted by Crippen LogP contribution is 2.23. The number of nitrogen functional groups attached to an aromatic ring is 1. The highest BCUT2D eigenvalue weighted by atomic mass is 35.5. The summed E-state index contributed by atoms with van der Waals surface area (Å²) in [5.41, 5.74) is 5.91. The van der Waals surface area contributed by atoms with E-state index in [-0.39, 0.29) is 22.5 Å². The number of pyridine rings is 1. The van der Waals surface area contributed by atoms with Crippen LogP contribution in [0.15, 0.2) is 41.4 Å². The Hall–Kier alpha value is -1.79. The van der Waals surface area contributed by atoms with Gasteiger partial charge in [0.25, 0.3) is 0 Å². The molecule has 20 heavy (non-hydrogen) atoms. The summed E-state index contributed by atoms with van der Waals surface area (Å²) in [6.07, 6.45) is 1.53. The van der Waals surface area contributed by atoms with Crippen LogP contribution in [0.3, 0.4) is 0 Å². The topological polar surface area (TPSA) is 68.0 Å². The van der Waals surface area contributed by atoms with E-state index in [9.17, 15) is 9.18 Å². The van der Waals surface area contributed by atoms with E-state index in [0.717, 1.165) is 0 Å². The number of nitrogens with zero attached hydrogens (tertiary/aromatic N) is 1. The van der Waals surface area contributed by atoms with Crippen LogP contribution in [0.4, 0.5) is 15.8 Å². The van der Waals surface area contributed by atoms with Gasteiger partial charge in [-0.3, -0.25) is 4.79 Å². The molecule has 0 saturated heterocycles. The maximum Gasteiger partial charge on any atom is 0.234 e. The number of nitrogens with two attached hydrogens (primary N) is 1. The molecule has 0 radical (unpaired) electrons. The zero-order chi connectivity index (χ0) is 14.5. The average Bonchev–Trinajstić information content (AvgIpc) is 2.43. The number of rotatable bonds is 4. The normalized spacial score (nSPS) is 10.3. The van der Waals surface area contributed by atoms with Crippen molar-refractivity contribution in [1.29, 1.82) is 0 Å². The van der Waals surface area contributed by atoms with Crippen LogP contribution in [-0.4, -0.2) is 16.6 Å². The second kappa shape index (κ2) is 6.58. The molecule has 0 aliphatic carbocycles. The number of halogens is 2. The Morgan fingerprint density at radius 2 is 2.25 bits per heavy atom. The highest BCUT2D eigenvalue weighted by Gasteiger charge is 2.08. The standard InChI is InChI=1S/C13H11ClFN3OS/c14-13-11(2-1-5-17-13)18-12(19)7-20-8-3-4-10(16)9(15)6-8/h1-6H,7,16H2,(H,18,19). The molecule has 1 amide bonds. The molecule has 1 heterocycles. The first-order chi connectivity index (χ1) is 9.56. The van der Waals surface area contributed by atoms with Crippen LogP contribution >= 0.6 is 23.4 Å². The van der Waals surface area contributed by atoms with Crippen LogP contribution < -0.4 is 11.1 Å². The Morgan fingerprint density at radius 1 is 1.45 bits per heavy atom. The Bertz CT molecular complexity index is 639. The lowest BCUT2D eigenvalue weighted by Crippen LogP contribution is -2.14. The molecule has 4 nitrogen and oxygen atoms in total. The van der Waals surface area contributed by atoms with E-state index in [0.29, 0.717) is 10.6 Å². The van der Waals surface area contributed by atoms with Crippen molar-refractivity contribution in [3.8, 4) is 0 Å². The first kappa shape index (κ1) is 14.6. The molecule has 0 aliphatic rings. The van der Waals surface area contributed by atoms with E-state index in [1.807, 2.05) is 0 Å². The number of nitrogens with one attached hydrogen (secondary N) is 1. The summed E-state index contributed by atoms with van der Waals surface area (Å²) in [6.45, 7) is 0. The Balaban J connectivity index is 1.92. The number of hydrogen-bond donors (Lipinski definition) is 2. The maximum atomic E-state index is 13.2. The molecular formula is C13H11ClFN3OS. The molecule has 3 N–H and O–H groups in total. The Labute approximate surface area is 124 Å². The Morgan fingerprint density at radius 3 is 2.95 bits per heavy atom. The molecule has 0 saturated carbocycles. The lowest BCUT2D eigenvalue weighted by Gasteiger charge is -2.06. The van der Waals surface area contributed by atoms with E-state index in [2.05, 4.69) is 10.3 Å². The number of thioether (sulfide) groups is 1. The third kappa shape index (κ3) is 3.85. The number of amides is 1. The highest BCUT2D eigenvalue weighted by molar-refractivity contribution is 8.00. The van der Waals surface area contributed by atoms with Gasteiger partial charge in [0.2, 0.25) is 5.91 Å². The predicted molar refractivity (Wildman–Crippen MR) is 79.4 cm³/mol. The molecule has 1 aromatic heterocycles. The zero-order valence-corrected chi connectivity index (χ0v) is 11.8. The molecule has 2 rings (SSSR count). The van der Waals surface area contributed by atoms with Gasteiger partial charge in [-0.25, -0.2) is 9.37 Å². The smallest absolute Gasteiger partial charge is 0.234 e. The summed E-state index contributed by atoms with van der Waals surface area (Å²) in [4.78, 5) is 16.2. The molecule has 0 fully saturated rings. The average molecular weight is 312 g/mol. The van der Waals surface area contributed by atoms with Crippen LogP contribution in [0, 0.1) is 5.82 Å². The minimum Gasteiger partial charge on any atom is -0.396 e. The van der Waals surface area contributed by atoms with E-state index in [1.165, 1.54) is 30.1 Å². The van der Waals surface area contributed by atoms with Gasteiger partial charge < -0.3 is 11.1 Å². The number of anilines is 2. The second-order valence-corrected chi connectivity index (χ2v) is 5.27. The van der Waals surface area contributed by atoms with Crippen LogP contribution in [0.1, 0.15) is 0 Å². The molecule has 1 aromatic carbocycles. The lowest BCUT2D eigenvalue weighted by atomic mass is 10.3. The number of aromatic nitrogens is 1. The minimum absolute atomic E-state index is 0.0842. The molecule has 0 unspecified atom stereocenters. The SMILES string of the molecule is Nc1ccc(SCC(=O)Nc2cccnc2Cl)cc1F. The van der Waals surface area contributed by atoms with Gasteiger partial charge in [0.05, 0.1) is 17.1 Å². The van der Waals surface area contributed by atoms with Crippen molar-refractivity contribution in [2.45, 2.75) is 4.90 Å². The molecule has 0 atom stereocenters. The van der Waals surface area contributed by atoms with Crippen LogP contribution in [0.5, 0.6) is 0 Å². The number of benzene rings is 1. The molecule has 2 aromatic rings. The summed E-state index contributed by atoms with van der Waals surface area (Å²) >= 11 is 7.03. The van der Waals surface area contributed by atoms with Crippen LogP contribution in [0.25, 0.3) is 0 Å². The van der Waals surface area contributed by atoms with Crippen molar-refractivity contribution in [2.75, 3.05) is 16.8 Å². The Kier molecular flexibility index (Phi) is 4.81. The van der Waals surface area contributed by atoms with Crippen molar-refractivity contribution in [1.82, 2.24) is 4.98 Å². The third-order valence-corrected chi connectivity index (χ3v) is 3.67. The number of carbonyl (C=O) groups excluding carboxylic acids is 1. The van der Waals surface area contributed by atoms with Gasteiger partial charge >= 0.3 is 0 Å². The summed E-state index contributed by atoms with van der Waals surface area (Å²) in [7, 11) is 0. The number of carbonyl (C=O) groups is 1. The summed E-state index contributed by atoms with van der Waals surface area (Å²) in [5, 5.41) is 2.86. The third-order valence-electron chi connectivity index (χ3n) is 2.38. The number of hydrogen-bond acceptors (Lipinski definition) is 4. The summed E-state index contributed by atoms with van der Waals surface area (Å²) < 4.78 is 13.2. The fourth-order valence-electron chi connectivity index (χ4n) is 1.41. The van der Waals surface area contributed by atoms with Crippen molar-refractivity contribution >= 4 is 40.6 Å². The van der Waals surface area contributed by atoms with E-state index >= 15 is 0 Å². The van der Waals surface area contributed by atoms with Crippen molar-refractivity contribution in [2.24, 2.45) is 0 Å². The van der Waals surface area contributed by atoms with Gasteiger partial charge in [-0.2, -0.15) is 0 Å². The van der Waals surface area contributed by atoms with Gasteiger partial charge in [0.1, 0.15) is 5.82 Å². The van der Waals surface area contributed by atoms with E-state index in [4.69, 9.17) is 17.3 Å². The molecule has 0 bridgehead atoms. The maximum absolute atomic E-state index is 13.2. The summed E-state index contributed by atoms with van der Waals surface area (Å²) in [6, 6.07) is 7.75. The van der Waals surface area contributed by atoms with Gasteiger partial charge in [0, 0.05) is 11.1 Å².